The first-order valence-corrected chi connectivity index (χ1v) is 6.41. The highest BCUT2D eigenvalue weighted by Crippen LogP contribution is 2.42. The van der Waals surface area contributed by atoms with E-state index in [1.54, 1.807) is 0 Å². The average molecular weight is 197 g/mol. The van der Waals surface area contributed by atoms with Crippen LogP contribution in [0.4, 0.5) is 0 Å². The molecule has 0 amide bonds. The number of nitrogens with zero attached hydrogens (tertiary/aromatic N) is 1. The van der Waals surface area contributed by atoms with Gasteiger partial charge in [-0.1, -0.05) is 39.5 Å². The Labute approximate surface area is 89.9 Å². The largest absolute Gasteiger partial charge is 0.306 e. The summed E-state index contributed by atoms with van der Waals surface area (Å²) in [6.07, 6.45) is 10.2. The lowest BCUT2D eigenvalue weighted by atomic mass is 9.74. The molecule has 1 heteroatoms. The smallest absolute Gasteiger partial charge is 0.00354 e. The van der Waals surface area contributed by atoms with Crippen LogP contribution in [0.3, 0.4) is 0 Å². The van der Waals surface area contributed by atoms with E-state index in [9.17, 15) is 0 Å². The standard InChI is InChI=1S/C10H19N.C3H8/c1-11-8-7-10(9-11)5-3-2-4-6-10;1-3-2/h2-9H2,1H3;3H2,1-2H3. The molecule has 0 unspecified atom stereocenters. The number of rotatable bonds is 0. The third-order valence-corrected chi connectivity index (χ3v) is 3.54. The van der Waals surface area contributed by atoms with Crippen LogP contribution < -0.4 is 0 Å². The second kappa shape index (κ2) is 5.75. The fraction of sp³-hybridized carbons (Fsp3) is 1.00. The zero-order valence-electron chi connectivity index (χ0n) is 10.3. The van der Waals surface area contributed by atoms with Crippen molar-refractivity contribution in [3.05, 3.63) is 0 Å². The topological polar surface area (TPSA) is 3.24 Å². The van der Waals surface area contributed by atoms with Gasteiger partial charge in [0, 0.05) is 6.54 Å². The van der Waals surface area contributed by atoms with Crippen LogP contribution >= 0.6 is 0 Å². The molecule has 14 heavy (non-hydrogen) atoms. The average Bonchev–Trinajstić information content (AvgIpc) is 2.50. The van der Waals surface area contributed by atoms with Crippen molar-refractivity contribution in [3.8, 4) is 0 Å². The van der Waals surface area contributed by atoms with E-state index in [0.717, 1.165) is 5.41 Å². The predicted octanol–water partition coefficient (Wildman–Crippen LogP) is 3.69. The molecule has 1 spiro atoms. The number of likely N-dealkylation sites (tertiary alicyclic amines) is 1. The van der Waals surface area contributed by atoms with Crippen molar-refractivity contribution in [3.63, 3.8) is 0 Å². The Kier molecular flexibility index (Phi) is 4.94. The van der Waals surface area contributed by atoms with Gasteiger partial charge in [0.1, 0.15) is 0 Å². The quantitative estimate of drug-likeness (QED) is 0.572. The van der Waals surface area contributed by atoms with Crippen LogP contribution in [-0.4, -0.2) is 25.0 Å². The van der Waals surface area contributed by atoms with Crippen LogP contribution in [0.15, 0.2) is 0 Å². The Bertz CT molecular complexity index is 142. The van der Waals surface area contributed by atoms with Gasteiger partial charge in [-0.05, 0) is 38.3 Å². The van der Waals surface area contributed by atoms with E-state index in [-0.39, 0.29) is 0 Å². The Morgan fingerprint density at radius 3 is 2.00 bits per heavy atom. The molecule has 84 valence electrons. The van der Waals surface area contributed by atoms with Crippen LogP contribution in [0.1, 0.15) is 58.8 Å². The summed E-state index contributed by atoms with van der Waals surface area (Å²) in [7, 11) is 2.27. The second-order valence-corrected chi connectivity index (χ2v) is 5.26. The summed E-state index contributed by atoms with van der Waals surface area (Å²) >= 11 is 0. The van der Waals surface area contributed by atoms with Crippen molar-refractivity contribution in [2.75, 3.05) is 20.1 Å². The molecule has 2 rings (SSSR count). The minimum absolute atomic E-state index is 0.771. The fourth-order valence-electron chi connectivity index (χ4n) is 2.87. The molecule has 0 bridgehead atoms. The van der Waals surface area contributed by atoms with Crippen molar-refractivity contribution in [2.45, 2.75) is 58.8 Å². The molecule has 1 heterocycles. The summed E-state index contributed by atoms with van der Waals surface area (Å²) in [5.41, 5.74) is 0.771. The monoisotopic (exact) mass is 197 g/mol. The van der Waals surface area contributed by atoms with Crippen molar-refractivity contribution in [1.29, 1.82) is 0 Å². The third-order valence-electron chi connectivity index (χ3n) is 3.54. The molecule has 1 saturated carbocycles. The summed E-state index contributed by atoms with van der Waals surface area (Å²) in [6.45, 7) is 6.98. The van der Waals surface area contributed by atoms with E-state index in [1.807, 2.05) is 0 Å². The minimum Gasteiger partial charge on any atom is -0.306 e. The first-order chi connectivity index (χ1) is 6.72. The molecule has 0 atom stereocenters. The van der Waals surface area contributed by atoms with Gasteiger partial charge in [0.15, 0.2) is 0 Å². The van der Waals surface area contributed by atoms with E-state index < -0.39 is 0 Å². The Morgan fingerprint density at radius 1 is 1.00 bits per heavy atom. The summed E-state index contributed by atoms with van der Waals surface area (Å²) < 4.78 is 0. The fourth-order valence-corrected chi connectivity index (χ4v) is 2.87. The summed E-state index contributed by atoms with van der Waals surface area (Å²) in [5.74, 6) is 0. The maximum atomic E-state index is 2.51. The van der Waals surface area contributed by atoms with Gasteiger partial charge in [0.2, 0.25) is 0 Å². The molecule has 0 aromatic carbocycles. The molecule has 1 aliphatic heterocycles. The zero-order chi connectivity index (χ0) is 10.4. The van der Waals surface area contributed by atoms with Gasteiger partial charge in [0.25, 0.3) is 0 Å². The SMILES string of the molecule is CCC.CN1CCC2(CCCCC2)C1. The molecule has 1 saturated heterocycles. The van der Waals surface area contributed by atoms with Gasteiger partial charge >= 0.3 is 0 Å². The van der Waals surface area contributed by atoms with Crippen LogP contribution in [0.5, 0.6) is 0 Å². The number of hydrogen-bond donors (Lipinski definition) is 0. The van der Waals surface area contributed by atoms with E-state index in [0.29, 0.717) is 0 Å². The Hall–Kier alpha value is -0.0400. The van der Waals surface area contributed by atoms with Gasteiger partial charge in [-0.3, -0.25) is 0 Å². The first kappa shape index (κ1) is 12.0. The summed E-state index contributed by atoms with van der Waals surface area (Å²) in [5, 5.41) is 0. The van der Waals surface area contributed by atoms with Crippen molar-refractivity contribution < 1.29 is 0 Å². The molecular weight excluding hydrogens is 170 g/mol. The van der Waals surface area contributed by atoms with Gasteiger partial charge in [-0.15, -0.1) is 0 Å². The first-order valence-electron chi connectivity index (χ1n) is 6.41. The van der Waals surface area contributed by atoms with Crippen LogP contribution in [-0.2, 0) is 0 Å². The van der Waals surface area contributed by atoms with Gasteiger partial charge < -0.3 is 4.90 Å². The molecule has 0 N–H and O–H groups in total. The highest BCUT2D eigenvalue weighted by molar-refractivity contribution is 4.90. The van der Waals surface area contributed by atoms with Crippen molar-refractivity contribution in [2.24, 2.45) is 5.41 Å². The molecule has 2 aliphatic rings. The van der Waals surface area contributed by atoms with E-state index in [4.69, 9.17) is 0 Å². The van der Waals surface area contributed by atoms with E-state index >= 15 is 0 Å². The molecule has 1 aliphatic carbocycles. The maximum Gasteiger partial charge on any atom is 0.00354 e. The van der Waals surface area contributed by atoms with Crippen molar-refractivity contribution in [1.82, 2.24) is 4.90 Å². The van der Waals surface area contributed by atoms with Gasteiger partial charge in [-0.25, -0.2) is 0 Å². The molecule has 1 nitrogen and oxygen atoms in total. The Morgan fingerprint density at radius 2 is 1.57 bits per heavy atom. The summed E-state index contributed by atoms with van der Waals surface area (Å²) in [4.78, 5) is 2.51. The maximum absolute atomic E-state index is 2.51. The lowest BCUT2D eigenvalue weighted by molar-refractivity contribution is 0.195. The molecule has 0 aromatic rings. The highest BCUT2D eigenvalue weighted by atomic mass is 15.1. The molecule has 0 aromatic heterocycles. The normalized spacial score (nSPS) is 25.9. The predicted molar refractivity (Wildman–Crippen MR) is 63.6 cm³/mol. The summed E-state index contributed by atoms with van der Waals surface area (Å²) in [6, 6.07) is 0. The van der Waals surface area contributed by atoms with E-state index in [1.165, 1.54) is 58.0 Å². The van der Waals surface area contributed by atoms with Crippen LogP contribution in [0, 0.1) is 5.41 Å². The zero-order valence-corrected chi connectivity index (χ0v) is 10.3. The third kappa shape index (κ3) is 3.27. The molecule has 0 radical (unpaired) electrons. The van der Waals surface area contributed by atoms with E-state index in [2.05, 4.69) is 25.8 Å². The van der Waals surface area contributed by atoms with Crippen molar-refractivity contribution >= 4 is 0 Å². The molecular formula is C13H27N. The number of hydrogen-bond acceptors (Lipinski definition) is 1. The minimum atomic E-state index is 0.771. The Balaban J connectivity index is 0.000000293. The molecule has 2 fully saturated rings. The lowest BCUT2D eigenvalue weighted by Crippen LogP contribution is -2.27. The second-order valence-electron chi connectivity index (χ2n) is 5.26. The highest BCUT2D eigenvalue weighted by Gasteiger charge is 2.36. The van der Waals surface area contributed by atoms with Gasteiger partial charge in [0.05, 0.1) is 0 Å². The van der Waals surface area contributed by atoms with Crippen LogP contribution in [0.2, 0.25) is 0 Å². The lowest BCUT2D eigenvalue weighted by Gasteiger charge is -2.32. The van der Waals surface area contributed by atoms with Gasteiger partial charge in [-0.2, -0.15) is 0 Å². The van der Waals surface area contributed by atoms with Crippen LogP contribution in [0.25, 0.3) is 0 Å².